The van der Waals surface area contributed by atoms with Gasteiger partial charge in [0.25, 0.3) is 5.91 Å². The van der Waals surface area contributed by atoms with Gasteiger partial charge in [0.05, 0.1) is 0 Å². The number of aromatic hydroxyl groups is 1. The molecule has 0 aromatic carbocycles. The maximum absolute atomic E-state index is 11.6. The molecule has 1 amide bonds. The van der Waals surface area contributed by atoms with Crippen molar-refractivity contribution in [2.75, 3.05) is 5.32 Å². The molecule has 0 bridgehead atoms. The molecule has 0 atom stereocenters. The second-order valence-corrected chi connectivity index (χ2v) is 2.90. The number of rotatable bonds is 2. The van der Waals surface area contributed by atoms with Crippen LogP contribution in [0.25, 0.3) is 0 Å². The molecule has 0 fully saturated rings. The fourth-order valence-corrected chi connectivity index (χ4v) is 1.07. The van der Waals surface area contributed by atoms with Gasteiger partial charge in [-0.15, -0.1) is 0 Å². The van der Waals surface area contributed by atoms with Crippen LogP contribution in [0.5, 0.6) is 5.75 Å². The van der Waals surface area contributed by atoms with Crippen LogP contribution >= 0.6 is 0 Å². The Kier molecular flexibility index (Phi) is 2.73. The predicted octanol–water partition coefficient (Wildman–Crippen LogP) is 0.829. The van der Waals surface area contributed by atoms with Crippen molar-refractivity contribution in [1.29, 1.82) is 0 Å². The number of aromatic nitrogens is 3. The van der Waals surface area contributed by atoms with Gasteiger partial charge in [-0.1, -0.05) is 0 Å². The fraction of sp³-hybridized carbons (Fsp3) is 0. The van der Waals surface area contributed by atoms with Crippen LogP contribution in [0, 0.1) is 0 Å². The molecular weight excluding hydrogens is 208 g/mol. The molecule has 0 saturated carbocycles. The number of hydrogen-bond donors (Lipinski definition) is 2. The van der Waals surface area contributed by atoms with E-state index in [1.54, 1.807) is 12.1 Å². The van der Waals surface area contributed by atoms with E-state index < -0.39 is 5.91 Å². The molecule has 2 aromatic heterocycles. The minimum Gasteiger partial charge on any atom is -0.504 e. The van der Waals surface area contributed by atoms with Gasteiger partial charge in [-0.25, -0.2) is 15.0 Å². The number of anilines is 1. The van der Waals surface area contributed by atoms with E-state index in [-0.39, 0.29) is 17.4 Å². The maximum Gasteiger partial charge on any atom is 0.294 e. The van der Waals surface area contributed by atoms with E-state index in [0.29, 0.717) is 0 Å². The predicted molar refractivity (Wildman–Crippen MR) is 55.9 cm³/mol. The zero-order valence-electron chi connectivity index (χ0n) is 8.16. The topological polar surface area (TPSA) is 88.0 Å². The average molecular weight is 216 g/mol. The Labute approximate surface area is 91.0 Å². The van der Waals surface area contributed by atoms with E-state index in [1.165, 1.54) is 24.7 Å². The highest BCUT2D eigenvalue weighted by molar-refractivity contribution is 6.01. The fourth-order valence-electron chi connectivity index (χ4n) is 1.07. The van der Waals surface area contributed by atoms with Gasteiger partial charge >= 0.3 is 0 Å². The number of pyridine rings is 1. The number of amides is 1. The summed E-state index contributed by atoms with van der Waals surface area (Å²) >= 11 is 0. The van der Waals surface area contributed by atoms with E-state index in [2.05, 4.69) is 20.3 Å². The summed E-state index contributed by atoms with van der Waals surface area (Å²) < 4.78 is 0. The summed E-state index contributed by atoms with van der Waals surface area (Å²) in [6, 6.07) is 4.59. The van der Waals surface area contributed by atoms with Crippen molar-refractivity contribution in [2.45, 2.75) is 0 Å². The quantitative estimate of drug-likeness (QED) is 0.776. The van der Waals surface area contributed by atoms with Gasteiger partial charge in [0, 0.05) is 18.6 Å². The molecule has 2 rings (SSSR count). The van der Waals surface area contributed by atoms with Gasteiger partial charge in [0.2, 0.25) is 5.82 Å². The molecule has 0 aliphatic rings. The lowest BCUT2D eigenvalue weighted by atomic mass is 10.4. The molecule has 0 aliphatic heterocycles. The molecule has 0 saturated heterocycles. The summed E-state index contributed by atoms with van der Waals surface area (Å²) in [4.78, 5) is 22.9. The molecule has 0 unspecified atom stereocenters. The highest BCUT2D eigenvalue weighted by atomic mass is 16.3. The van der Waals surface area contributed by atoms with E-state index in [0.717, 1.165) is 0 Å². The molecule has 2 heterocycles. The smallest absolute Gasteiger partial charge is 0.294 e. The molecular formula is C10H8N4O2. The van der Waals surface area contributed by atoms with Crippen molar-refractivity contribution in [2.24, 2.45) is 0 Å². The lowest BCUT2D eigenvalue weighted by Crippen LogP contribution is -2.16. The molecule has 6 heteroatoms. The molecule has 16 heavy (non-hydrogen) atoms. The first kappa shape index (κ1) is 10.0. The normalized spacial score (nSPS) is 9.75. The summed E-state index contributed by atoms with van der Waals surface area (Å²) in [5.74, 6) is -0.520. The van der Waals surface area contributed by atoms with Gasteiger partial charge in [0.1, 0.15) is 0 Å². The van der Waals surface area contributed by atoms with Gasteiger partial charge < -0.3 is 10.4 Å². The lowest BCUT2D eigenvalue weighted by Gasteiger charge is -2.03. The maximum atomic E-state index is 11.6. The Morgan fingerprint density at radius 2 is 1.81 bits per heavy atom. The Morgan fingerprint density at radius 1 is 1.12 bits per heavy atom. The highest BCUT2D eigenvalue weighted by Crippen LogP contribution is 2.18. The van der Waals surface area contributed by atoms with Gasteiger partial charge in [-0.2, -0.15) is 0 Å². The molecule has 0 aliphatic carbocycles. The van der Waals surface area contributed by atoms with Gasteiger partial charge in [-0.3, -0.25) is 4.79 Å². The van der Waals surface area contributed by atoms with Crippen molar-refractivity contribution in [3.05, 3.63) is 42.6 Å². The minimum atomic E-state index is -0.519. The molecule has 0 spiro atoms. The minimum absolute atomic E-state index is 0.0209. The Hall–Kier alpha value is -2.50. The first-order valence-electron chi connectivity index (χ1n) is 4.50. The number of nitrogens with zero attached hydrogens (tertiary/aromatic N) is 3. The van der Waals surface area contributed by atoms with Crippen LogP contribution in [0.3, 0.4) is 0 Å². The first-order valence-corrected chi connectivity index (χ1v) is 4.50. The van der Waals surface area contributed by atoms with Crippen molar-refractivity contribution >= 4 is 11.7 Å². The standard InChI is InChI=1S/C10H8N4O2/c15-7-3-1-4-11-8(7)14-10(16)9-12-5-2-6-13-9/h1-6,15H,(H,11,14,16). The van der Waals surface area contributed by atoms with Crippen LogP contribution < -0.4 is 5.32 Å². The average Bonchev–Trinajstić information content (AvgIpc) is 2.33. The van der Waals surface area contributed by atoms with Crippen LogP contribution in [-0.2, 0) is 0 Å². The van der Waals surface area contributed by atoms with Crippen LogP contribution in [0.15, 0.2) is 36.8 Å². The van der Waals surface area contributed by atoms with Crippen LogP contribution in [-0.4, -0.2) is 26.0 Å². The second-order valence-electron chi connectivity index (χ2n) is 2.90. The third kappa shape index (κ3) is 2.11. The number of hydrogen-bond acceptors (Lipinski definition) is 5. The number of nitrogens with one attached hydrogen (secondary N) is 1. The van der Waals surface area contributed by atoms with Crippen molar-refractivity contribution in [3.63, 3.8) is 0 Å². The van der Waals surface area contributed by atoms with Crippen LogP contribution in [0.1, 0.15) is 10.6 Å². The van der Waals surface area contributed by atoms with E-state index >= 15 is 0 Å². The van der Waals surface area contributed by atoms with Gasteiger partial charge in [0.15, 0.2) is 11.6 Å². The highest BCUT2D eigenvalue weighted by Gasteiger charge is 2.11. The third-order valence-electron chi connectivity index (χ3n) is 1.79. The summed E-state index contributed by atoms with van der Waals surface area (Å²) in [5, 5.41) is 11.8. The van der Waals surface area contributed by atoms with E-state index in [9.17, 15) is 9.90 Å². The van der Waals surface area contributed by atoms with Crippen molar-refractivity contribution in [1.82, 2.24) is 15.0 Å². The summed E-state index contributed by atoms with van der Waals surface area (Å²) in [5.41, 5.74) is 0. The Bertz CT molecular complexity index is 501. The zero-order valence-corrected chi connectivity index (χ0v) is 8.16. The number of carbonyl (C=O) groups is 1. The van der Waals surface area contributed by atoms with Crippen molar-refractivity contribution < 1.29 is 9.90 Å². The molecule has 6 nitrogen and oxygen atoms in total. The Morgan fingerprint density at radius 3 is 2.50 bits per heavy atom. The molecule has 2 N–H and O–H groups in total. The van der Waals surface area contributed by atoms with E-state index in [1.807, 2.05) is 0 Å². The Balaban J connectivity index is 2.18. The third-order valence-corrected chi connectivity index (χ3v) is 1.79. The monoisotopic (exact) mass is 216 g/mol. The first-order chi connectivity index (χ1) is 7.77. The lowest BCUT2D eigenvalue weighted by molar-refractivity contribution is 0.101. The van der Waals surface area contributed by atoms with E-state index in [4.69, 9.17) is 0 Å². The van der Waals surface area contributed by atoms with Crippen LogP contribution in [0.2, 0.25) is 0 Å². The summed E-state index contributed by atoms with van der Waals surface area (Å²) in [6.45, 7) is 0. The van der Waals surface area contributed by atoms with Gasteiger partial charge in [-0.05, 0) is 18.2 Å². The largest absolute Gasteiger partial charge is 0.504 e. The molecule has 2 aromatic rings. The number of carbonyl (C=O) groups excluding carboxylic acids is 1. The molecule has 0 radical (unpaired) electrons. The zero-order chi connectivity index (χ0) is 11.4. The SMILES string of the molecule is O=C(Nc1ncccc1O)c1ncccn1. The summed E-state index contributed by atoms with van der Waals surface area (Å²) in [6.07, 6.45) is 4.38. The van der Waals surface area contributed by atoms with Crippen LogP contribution in [0.4, 0.5) is 5.82 Å². The second kappa shape index (κ2) is 4.35. The van der Waals surface area contributed by atoms with Crippen molar-refractivity contribution in [3.8, 4) is 5.75 Å². The summed E-state index contributed by atoms with van der Waals surface area (Å²) in [7, 11) is 0. The molecule has 80 valence electrons.